The van der Waals surface area contributed by atoms with Gasteiger partial charge in [-0.1, -0.05) is 11.6 Å². The largest absolute Gasteiger partial charge is 0.317 e. The zero-order valence-corrected chi connectivity index (χ0v) is 11.9. The number of rotatable bonds is 5. The zero-order valence-electron chi connectivity index (χ0n) is 11.2. The minimum atomic E-state index is 0.401. The van der Waals surface area contributed by atoms with Crippen molar-refractivity contribution < 1.29 is 0 Å². The molecule has 1 saturated carbocycles. The van der Waals surface area contributed by atoms with Crippen molar-refractivity contribution >= 4 is 11.6 Å². The molecule has 0 amide bonds. The van der Waals surface area contributed by atoms with Crippen molar-refractivity contribution in [3.63, 3.8) is 0 Å². The summed E-state index contributed by atoms with van der Waals surface area (Å²) in [5.41, 5.74) is 2.57. The van der Waals surface area contributed by atoms with Crippen LogP contribution in [-0.4, -0.2) is 22.9 Å². The van der Waals surface area contributed by atoms with Gasteiger partial charge in [0.05, 0.1) is 16.4 Å². The maximum Gasteiger partial charge on any atom is 0.0847 e. The van der Waals surface area contributed by atoms with E-state index < -0.39 is 0 Å². The second-order valence-corrected chi connectivity index (χ2v) is 5.59. The number of nitrogens with zero attached hydrogens (tertiary/aromatic N) is 2. The van der Waals surface area contributed by atoms with E-state index in [-0.39, 0.29) is 0 Å². The van der Waals surface area contributed by atoms with Gasteiger partial charge in [-0.2, -0.15) is 5.10 Å². The highest BCUT2D eigenvalue weighted by molar-refractivity contribution is 6.31. The van der Waals surface area contributed by atoms with E-state index in [1.165, 1.54) is 18.5 Å². The first-order valence-corrected chi connectivity index (χ1v) is 6.81. The fraction of sp³-hybridized carbons (Fsp3) is 0.769. The van der Waals surface area contributed by atoms with Crippen molar-refractivity contribution in [2.24, 2.45) is 5.41 Å². The number of halogens is 1. The molecule has 0 saturated heterocycles. The second kappa shape index (κ2) is 4.62. The van der Waals surface area contributed by atoms with Crippen LogP contribution in [-0.2, 0) is 13.0 Å². The Balaban J connectivity index is 2.24. The summed E-state index contributed by atoms with van der Waals surface area (Å²) in [6.07, 6.45) is 3.63. The second-order valence-electron chi connectivity index (χ2n) is 5.21. The average molecular weight is 256 g/mol. The molecular formula is C13H22ClN3. The molecule has 2 rings (SSSR count). The van der Waals surface area contributed by atoms with Crippen LogP contribution in [0.2, 0.25) is 5.02 Å². The fourth-order valence-corrected chi connectivity index (χ4v) is 2.80. The Kier molecular flexibility index (Phi) is 3.50. The van der Waals surface area contributed by atoms with Crippen molar-refractivity contribution in [1.29, 1.82) is 0 Å². The molecule has 17 heavy (non-hydrogen) atoms. The summed E-state index contributed by atoms with van der Waals surface area (Å²) in [6, 6.07) is 0.541. The minimum absolute atomic E-state index is 0.401. The molecule has 1 aliphatic carbocycles. The number of hydrogen-bond donors (Lipinski definition) is 1. The summed E-state index contributed by atoms with van der Waals surface area (Å²) in [5.74, 6) is 0. The van der Waals surface area contributed by atoms with Gasteiger partial charge in [-0.15, -0.1) is 0 Å². The number of aryl methyl sites for hydroxylation is 2. The molecule has 96 valence electrons. The maximum atomic E-state index is 6.37. The molecule has 1 N–H and O–H groups in total. The third-order valence-electron chi connectivity index (χ3n) is 4.22. The first kappa shape index (κ1) is 12.9. The van der Waals surface area contributed by atoms with Crippen LogP contribution in [0.5, 0.6) is 0 Å². The lowest BCUT2D eigenvalue weighted by molar-refractivity contribution is 0.359. The van der Waals surface area contributed by atoms with Crippen molar-refractivity contribution in [2.75, 3.05) is 7.05 Å². The molecule has 1 aliphatic rings. The van der Waals surface area contributed by atoms with Crippen LogP contribution >= 0.6 is 11.6 Å². The van der Waals surface area contributed by atoms with Gasteiger partial charge in [-0.3, -0.25) is 4.68 Å². The third kappa shape index (κ3) is 2.23. The van der Waals surface area contributed by atoms with Gasteiger partial charge < -0.3 is 5.32 Å². The van der Waals surface area contributed by atoms with E-state index in [2.05, 4.69) is 28.9 Å². The predicted molar refractivity (Wildman–Crippen MR) is 71.5 cm³/mol. The predicted octanol–water partition coefficient (Wildman–Crippen LogP) is 2.80. The summed E-state index contributed by atoms with van der Waals surface area (Å²) < 4.78 is 2.06. The Morgan fingerprint density at radius 1 is 1.53 bits per heavy atom. The maximum absolute atomic E-state index is 6.37. The molecule has 1 unspecified atom stereocenters. The van der Waals surface area contributed by atoms with Crippen LogP contribution in [0.15, 0.2) is 0 Å². The molecule has 1 aromatic heterocycles. The highest BCUT2D eigenvalue weighted by Crippen LogP contribution is 2.51. The highest BCUT2D eigenvalue weighted by Gasteiger charge is 2.47. The minimum Gasteiger partial charge on any atom is -0.317 e. The molecule has 0 aliphatic heterocycles. The lowest BCUT2D eigenvalue weighted by Crippen LogP contribution is -2.33. The van der Waals surface area contributed by atoms with Gasteiger partial charge in [-0.05, 0) is 52.5 Å². The van der Waals surface area contributed by atoms with Crippen molar-refractivity contribution in [1.82, 2.24) is 15.1 Å². The lowest BCUT2D eigenvalue weighted by atomic mass is 9.92. The molecule has 3 nitrogen and oxygen atoms in total. The van der Waals surface area contributed by atoms with Gasteiger partial charge in [0.2, 0.25) is 0 Å². The molecule has 4 heteroatoms. The Bertz CT molecular complexity index is 407. The van der Waals surface area contributed by atoms with Crippen molar-refractivity contribution in [3.8, 4) is 0 Å². The standard InChI is InChI=1S/C13H22ClN3/c1-5-17-11(12(14)9(2)16-17)8-13(6-7-13)10(3)15-4/h10,15H,5-8H2,1-4H3. The fourth-order valence-electron chi connectivity index (χ4n) is 2.60. The van der Waals surface area contributed by atoms with E-state index >= 15 is 0 Å². The lowest BCUT2D eigenvalue weighted by Gasteiger charge is -2.23. The van der Waals surface area contributed by atoms with Gasteiger partial charge in [0.15, 0.2) is 0 Å². The summed E-state index contributed by atoms with van der Waals surface area (Å²) >= 11 is 6.37. The van der Waals surface area contributed by atoms with Crippen LogP contribution in [0.25, 0.3) is 0 Å². The first-order chi connectivity index (χ1) is 8.04. The normalized spacial score (nSPS) is 19.4. The summed E-state index contributed by atoms with van der Waals surface area (Å²) in [5, 5.41) is 8.73. The van der Waals surface area contributed by atoms with Crippen LogP contribution in [0.4, 0.5) is 0 Å². The topological polar surface area (TPSA) is 29.9 Å². The van der Waals surface area contributed by atoms with E-state index in [1.807, 2.05) is 14.0 Å². The van der Waals surface area contributed by atoms with Crippen molar-refractivity contribution in [3.05, 3.63) is 16.4 Å². The molecule has 0 aromatic carbocycles. The number of aromatic nitrogens is 2. The quantitative estimate of drug-likeness (QED) is 0.877. The highest BCUT2D eigenvalue weighted by atomic mass is 35.5. The average Bonchev–Trinajstić information content (AvgIpc) is 3.07. The summed E-state index contributed by atoms with van der Waals surface area (Å²) in [4.78, 5) is 0. The van der Waals surface area contributed by atoms with Gasteiger partial charge in [0.1, 0.15) is 0 Å². The third-order valence-corrected chi connectivity index (χ3v) is 4.71. The van der Waals surface area contributed by atoms with Gasteiger partial charge >= 0.3 is 0 Å². The molecule has 1 atom stereocenters. The van der Waals surface area contributed by atoms with Crippen LogP contribution < -0.4 is 5.32 Å². The zero-order chi connectivity index (χ0) is 12.6. The Morgan fingerprint density at radius 3 is 2.65 bits per heavy atom. The van der Waals surface area contributed by atoms with Crippen LogP contribution in [0, 0.1) is 12.3 Å². The van der Waals surface area contributed by atoms with E-state index in [0.29, 0.717) is 11.5 Å². The van der Waals surface area contributed by atoms with E-state index in [1.54, 1.807) is 0 Å². The Labute approximate surface area is 109 Å². The first-order valence-electron chi connectivity index (χ1n) is 6.43. The van der Waals surface area contributed by atoms with Crippen LogP contribution in [0.3, 0.4) is 0 Å². The van der Waals surface area contributed by atoms with E-state index in [0.717, 1.165) is 23.7 Å². The SMILES string of the molecule is CCn1nc(C)c(Cl)c1CC1(C(C)NC)CC1. The smallest absolute Gasteiger partial charge is 0.0847 e. The summed E-state index contributed by atoms with van der Waals surface area (Å²) in [6.45, 7) is 7.26. The molecule has 0 radical (unpaired) electrons. The monoisotopic (exact) mass is 255 g/mol. The molecule has 0 spiro atoms. The summed E-state index contributed by atoms with van der Waals surface area (Å²) in [7, 11) is 2.04. The molecular weight excluding hydrogens is 234 g/mol. The van der Waals surface area contributed by atoms with Gasteiger partial charge in [0, 0.05) is 12.6 Å². The van der Waals surface area contributed by atoms with Gasteiger partial charge in [-0.25, -0.2) is 0 Å². The molecule has 1 aromatic rings. The molecule has 1 heterocycles. The van der Waals surface area contributed by atoms with Crippen molar-refractivity contribution in [2.45, 2.75) is 52.6 Å². The number of nitrogens with one attached hydrogen (secondary N) is 1. The Morgan fingerprint density at radius 2 is 2.18 bits per heavy atom. The van der Waals surface area contributed by atoms with Gasteiger partial charge in [0.25, 0.3) is 0 Å². The van der Waals surface area contributed by atoms with E-state index in [4.69, 9.17) is 11.6 Å². The Hall–Kier alpha value is -0.540. The van der Waals surface area contributed by atoms with E-state index in [9.17, 15) is 0 Å². The number of hydrogen-bond acceptors (Lipinski definition) is 2. The molecule has 0 bridgehead atoms. The van der Waals surface area contributed by atoms with Crippen LogP contribution in [0.1, 0.15) is 38.1 Å². The molecule has 1 fully saturated rings.